The van der Waals surface area contributed by atoms with E-state index in [9.17, 15) is 0 Å². The lowest BCUT2D eigenvalue weighted by Crippen LogP contribution is -2.08. The van der Waals surface area contributed by atoms with Gasteiger partial charge in [0.1, 0.15) is 11.6 Å². The van der Waals surface area contributed by atoms with Gasteiger partial charge in [-0.3, -0.25) is 0 Å². The summed E-state index contributed by atoms with van der Waals surface area (Å²) in [7, 11) is 0. The minimum Gasteiger partial charge on any atom is -0.396 e. The van der Waals surface area contributed by atoms with Crippen molar-refractivity contribution in [2.24, 2.45) is 0 Å². The molecule has 0 aliphatic heterocycles. The summed E-state index contributed by atoms with van der Waals surface area (Å²) in [5.41, 5.74) is 2.26. The number of rotatable bonds is 7. The van der Waals surface area contributed by atoms with Crippen molar-refractivity contribution < 1.29 is 5.11 Å². The Morgan fingerprint density at radius 3 is 2.56 bits per heavy atom. The second-order valence-electron chi connectivity index (χ2n) is 4.31. The number of nitrogens with one attached hydrogen (secondary N) is 1. The van der Waals surface area contributed by atoms with Gasteiger partial charge in [0.25, 0.3) is 0 Å². The number of hydrogen-bond acceptors (Lipinski definition) is 5. The van der Waals surface area contributed by atoms with Gasteiger partial charge in [0.05, 0.1) is 5.69 Å². The minimum atomic E-state index is 0.259. The fraction of sp³-hybridized carbons (Fsp3) is 0.615. The molecule has 18 heavy (non-hydrogen) atoms. The number of hydrogen-bond donors (Lipinski definition) is 2. The maximum Gasteiger partial charge on any atom is 0.166 e. The Kier molecular flexibility index (Phi) is 6.09. The average molecular weight is 248 g/mol. The van der Waals surface area contributed by atoms with Crippen LogP contribution in [0.25, 0.3) is 0 Å². The molecule has 0 radical (unpaired) electrons. The molecule has 0 aliphatic carbocycles. The molecule has 0 bridgehead atoms. The number of aromatic nitrogens is 2. The van der Waals surface area contributed by atoms with Crippen molar-refractivity contribution in [2.75, 3.05) is 18.5 Å². The summed E-state index contributed by atoms with van der Waals surface area (Å²) < 4.78 is 0. The molecule has 0 atom stereocenters. The Morgan fingerprint density at radius 2 is 1.89 bits per heavy atom. The molecule has 0 aliphatic rings. The topological polar surface area (TPSA) is 81.8 Å². The van der Waals surface area contributed by atoms with Crippen LogP contribution in [0.1, 0.15) is 42.5 Å². The molecule has 1 rings (SSSR count). The van der Waals surface area contributed by atoms with Crippen LogP contribution in [0.4, 0.5) is 5.82 Å². The summed E-state index contributed by atoms with van der Waals surface area (Å²) in [6.45, 7) is 4.77. The predicted molar refractivity (Wildman–Crippen MR) is 70.3 cm³/mol. The first-order chi connectivity index (χ1) is 8.70. The summed E-state index contributed by atoms with van der Waals surface area (Å²) in [6, 6.07) is 2.17. The highest BCUT2D eigenvalue weighted by Crippen LogP contribution is 2.17. The molecule has 5 heteroatoms. The maximum atomic E-state index is 9.11. The molecule has 1 heterocycles. The SMILES string of the molecule is Cc1nnc(NCCCCCCO)c(C#N)c1C. The highest BCUT2D eigenvalue weighted by atomic mass is 16.2. The van der Waals surface area contributed by atoms with Crippen LogP contribution in [0, 0.1) is 25.2 Å². The van der Waals surface area contributed by atoms with Gasteiger partial charge in [-0.2, -0.15) is 10.4 Å². The number of aliphatic hydroxyl groups is 1. The van der Waals surface area contributed by atoms with Crippen molar-refractivity contribution in [3.8, 4) is 6.07 Å². The second-order valence-corrected chi connectivity index (χ2v) is 4.31. The standard InChI is InChI=1S/C13H20N4O/c1-10-11(2)16-17-13(12(10)9-14)15-7-5-3-4-6-8-18/h18H,3-8H2,1-2H3,(H,15,17). The molecule has 0 aromatic carbocycles. The molecule has 0 amide bonds. The van der Waals surface area contributed by atoms with Gasteiger partial charge in [0, 0.05) is 13.2 Å². The summed E-state index contributed by atoms with van der Waals surface area (Å²) in [5, 5.41) is 29.0. The number of nitrogens with zero attached hydrogens (tertiary/aromatic N) is 3. The molecular weight excluding hydrogens is 228 g/mol. The zero-order valence-corrected chi connectivity index (χ0v) is 11.0. The average Bonchev–Trinajstić information content (AvgIpc) is 2.38. The van der Waals surface area contributed by atoms with E-state index in [1.54, 1.807) is 0 Å². The normalized spacial score (nSPS) is 10.1. The molecule has 98 valence electrons. The monoisotopic (exact) mass is 248 g/mol. The quantitative estimate of drug-likeness (QED) is 0.720. The van der Waals surface area contributed by atoms with Crippen molar-refractivity contribution >= 4 is 5.82 Å². The molecule has 5 nitrogen and oxygen atoms in total. The summed E-state index contributed by atoms with van der Waals surface area (Å²) in [6.07, 6.45) is 3.95. The predicted octanol–water partition coefficient (Wildman–Crippen LogP) is 1.93. The summed E-state index contributed by atoms with van der Waals surface area (Å²) in [5.74, 6) is 0.572. The van der Waals surface area contributed by atoms with E-state index >= 15 is 0 Å². The van der Waals surface area contributed by atoms with E-state index in [0.29, 0.717) is 11.4 Å². The van der Waals surface area contributed by atoms with Gasteiger partial charge in [0.15, 0.2) is 5.82 Å². The van der Waals surface area contributed by atoms with Gasteiger partial charge in [-0.05, 0) is 32.3 Å². The van der Waals surface area contributed by atoms with Crippen LogP contribution in [0.2, 0.25) is 0 Å². The van der Waals surface area contributed by atoms with Gasteiger partial charge in [0.2, 0.25) is 0 Å². The third-order valence-electron chi connectivity index (χ3n) is 2.94. The molecule has 0 fully saturated rings. The fourth-order valence-electron chi connectivity index (χ4n) is 1.67. The molecule has 0 saturated heterocycles. The number of aliphatic hydroxyl groups excluding tert-OH is 1. The first-order valence-corrected chi connectivity index (χ1v) is 6.29. The second kappa shape index (κ2) is 7.62. The van der Waals surface area contributed by atoms with Crippen LogP contribution < -0.4 is 5.32 Å². The Morgan fingerprint density at radius 1 is 1.17 bits per heavy atom. The summed E-state index contributed by atoms with van der Waals surface area (Å²) >= 11 is 0. The van der Waals surface area contributed by atoms with Gasteiger partial charge < -0.3 is 10.4 Å². The Bertz CT molecular complexity index is 426. The number of nitriles is 1. The largest absolute Gasteiger partial charge is 0.396 e. The first kappa shape index (κ1) is 14.4. The van der Waals surface area contributed by atoms with Crippen LogP contribution in [0.5, 0.6) is 0 Å². The number of anilines is 1. The highest BCUT2D eigenvalue weighted by Gasteiger charge is 2.09. The van der Waals surface area contributed by atoms with Gasteiger partial charge in [-0.15, -0.1) is 5.10 Å². The van der Waals surface area contributed by atoms with Crippen LogP contribution in [-0.4, -0.2) is 28.5 Å². The van der Waals surface area contributed by atoms with Crippen molar-refractivity contribution in [1.29, 1.82) is 5.26 Å². The van der Waals surface area contributed by atoms with E-state index in [2.05, 4.69) is 21.6 Å². The van der Waals surface area contributed by atoms with Crippen LogP contribution in [0.3, 0.4) is 0 Å². The zero-order chi connectivity index (χ0) is 13.4. The smallest absolute Gasteiger partial charge is 0.166 e. The third kappa shape index (κ3) is 3.97. The van der Waals surface area contributed by atoms with Crippen LogP contribution in [0.15, 0.2) is 0 Å². The highest BCUT2D eigenvalue weighted by molar-refractivity contribution is 5.55. The molecule has 2 N–H and O–H groups in total. The Labute approximate surface area is 108 Å². The Hall–Kier alpha value is -1.67. The number of unbranched alkanes of at least 4 members (excludes halogenated alkanes) is 3. The van der Waals surface area contributed by atoms with E-state index < -0.39 is 0 Å². The third-order valence-corrected chi connectivity index (χ3v) is 2.94. The van der Waals surface area contributed by atoms with E-state index in [1.165, 1.54) is 0 Å². The van der Waals surface area contributed by atoms with Crippen molar-refractivity contribution in [3.05, 3.63) is 16.8 Å². The maximum absolute atomic E-state index is 9.11. The summed E-state index contributed by atoms with van der Waals surface area (Å²) in [4.78, 5) is 0. The molecule has 1 aromatic rings. The lowest BCUT2D eigenvalue weighted by Gasteiger charge is -2.09. The van der Waals surface area contributed by atoms with Gasteiger partial charge >= 0.3 is 0 Å². The molecule has 1 aromatic heterocycles. The van der Waals surface area contributed by atoms with Crippen LogP contribution >= 0.6 is 0 Å². The Balaban J connectivity index is 2.48. The van der Waals surface area contributed by atoms with E-state index in [0.717, 1.165) is 43.5 Å². The molecule has 0 spiro atoms. The van der Waals surface area contributed by atoms with E-state index in [-0.39, 0.29) is 6.61 Å². The zero-order valence-electron chi connectivity index (χ0n) is 11.0. The van der Waals surface area contributed by atoms with E-state index in [4.69, 9.17) is 10.4 Å². The van der Waals surface area contributed by atoms with Gasteiger partial charge in [-0.25, -0.2) is 0 Å². The molecule has 0 unspecified atom stereocenters. The fourth-order valence-corrected chi connectivity index (χ4v) is 1.67. The first-order valence-electron chi connectivity index (χ1n) is 6.29. The van der Waals surface area contributed by atoms with E-state index in [1.807, 2.05) is 13.8 Å². The van der Waals surface area contributed by atoms with Crippen molar-refractivity contribution in [3.63, 3.8) is 0 Å². The van der Waals surface area contributed by atoms with Gasteiger partial charge in [-0.1, -0.05) is 12.8 Å². The number of aryl methyl sites for hydroxylation is 1. The molecular formula is C13H20N4O. The minimum absolute atomic E-state index is 0.259. The molecule has 0 saturated carbocycles. The van der Waals surface area contributed by atoms with Crippen LogP contribution in [-0.2, 0) is 0 Å². The lowest BCUT2D eigenvalue weighted by atomic mass is 10.1. The van der Waals surface area contributed by atoms with Crippen molar-refractivity contribution in [2.45, 2.75) is 39.5 Å². The lowest BCUT2D eigenvalue weighted by molar-refractivity contribution is 0.283. The van der Waals surface area contributed by atoms with Crippen molar-refractivity contribution in [1.82, 2.24) is 10.2 Å².